The molecule has 0 radical (unpaired) electrons. The van der Waals surface area contributed by atoms with Gasteiger partial charge in [-0.2, -0.15) is 0 Å². The Bertz CT molecular complexity index is 871. The summed E-state index contributed by atoms with van der Waals surface area (Å²) < 4.78 is 2.40. The van der Waals surface area contributed by atoms with Gasteiger partial charge in [-0.3, -0.25) is 0 Å². The molecule has 0 aliphatic rings. The third-order valence-corrected chi connectivity index (χ3v) is 6.41. The van der Waals surface area contributed by atoms with E-state index in [1.165, 1.54) is 16.1 Å². The van der Waals surface area contributed by atoms with E-state index in [0.717, 1.165) is 43.1 Å². The summed E-state index contributed by atoms with van der Waals surface area (Å²) in [6, 6.07) is 12.7. The van der Waals surface area contributed by atoms with E-state index in [9.17, 15) is 0 Å². The van der Waals surface area contributed by atoms with Gasteiger partial charge in [-0.15, -0.1) is 22.7 Å². The molecule has 0 aliphatic heterocycles. The average molecular weight is 386 g/mol. The number of rotatable bonds is 8. The predicted octanol–water partition coefficient (Wildman–Crippen LogP) is 5.55. The molecule has 0 bridgehead atoms. The number of aromatic nitrogens is 1. The molecule has 3 aromatic rings. The molecule has 0 aliphatic carbocycles. The summed E-state index contributed by atoms with van der Waals surface area (Å²) in [4.78, 5) is 9.86. The van der Waals surface area contributed by atoms with Crippen molar-refractivity contribution >= 4 is 28.4 Å². The molecule has 0 fully saturated rings. The van der Waals surface area contributed by atoms with E-state index in [1.54, 1.807) is 22.7 Å². The van der Waals surface area contributed by atoms with Crippen molar-refractivity contribution in [3.05, 3.63) is 57.5 Å². The Morgan fingerprint density at radius 3 is 2.54 bits per heavy atom. The van der Waals surface area contributed by atoms with Crippen molar-refractivity contribution in [1.29, 1.82) is 0 Å². The fourth-order valence-corrected chi connectivity index (χ4v) is 4.81. The molecule has 26 heavy (non-hydrogen) atoms. The molecule has 2 heterocycles. The lowest BCUT2D eigenvalue weighted by Crippen LogP contribution is -2.26. The van der Waals surface area contributed by atoms with Gasteiger partial charge in [0.2, 0.25) is 0 Å². The highest BCUT2D eigenvalue weighted by molar-refractivity contribution is 7.14. The van der Waals surface area contributed by atoms with Crippen molar-refractivity contribution in [3.8, 4) is 10.6 Å². The lowest BCUT2D eigenvalue weighted by molar-refractivity contribution is 0.293. The zero-order valence-corrected chi connectivity index (χ0v) is 17.4. The number of hydrogen-bond donors (Lipinski definition) is 0. The highest BCUT2D eigenvalue weighted by Crippen LogP contribution is 2.26. The Labute approximate surface area is 164 Å². The second-order valence-corrected chi connectivity index (χ2v) is 8.10. The van der Waals surface area contributed by atoms with Gasteiger partial charge < -0.3 is 9.47 Å². The molecule has 0 saturated carbocycles. The van der Waals surface area contributed by atoms with E-state index in [4.69, 9.17) is 4.99 Å². The van der Waals surface area contributed by atoms with Crippen LogP contribution in [0.4, 0.5) is 5.69 Å². The molecule has 0 N–H and O–H groups in total. The van der Waals surface area contributed by atoms with Crippen molar-refractivity contribution in [2.45, 2.75) is 33.7 Å². The molecular formula is C21H27N3S2. The van der Waals surface area contributed by atoms with Crippen molar-refractivity contribution in [2.24, 2.45) is 4.99 Å². The van der Waals surface area contributed by atoms with Crippen LogP contribution in [0, 0.1) is 6.92 Å². The van der Waals surface area contributed by atoms with Crippen LogP contribution < -0.4 is 4.80 Å². The van der Waals surface area contributed by atoms with Crippen LogP contribution in [0.15, 0.2) is 52.2 Å². The number of aryl methyl sites for hydroxylation is 1. The number of para-hydroxylation sites is 1. The van der Waals surface area contributed by atoms with Crippen LogP contribution >= 0.6 is 22.7 Å². The Kier molecular flexibility index (Phi) is 6.83. The first kappa shape index (κ1) is 19.1. The monoisotopic (exact) mass is 385 g/mol. The topological polar surface area (TPSA) is 20.5 Å². The first-order valence-corrected chi connectivity index (χ1v) is 11.0. The maximum Gasteiger partial charge on any atom is 0.190 e. The largest absolute Gasteiger partial charge is 0.316 e. The summed E-state index contributed by atoms with van der Waals surface area (Å²) in [5.41, 5.74) is 3.56. The number of thiazole rings is 1. The first-order chi connectivity index (χ1) is 12.7. The van der Waals surface area contributed by atoms with E-state index in [1.807, 2.05) is 0 Å². The normalized spacial score (nSPS) is 12.2. The summed E-state index contributed by atoms with van der Waals surface area (Å²) in [5.74, 6) is 0. The molecule has 3 nitrogen and oxygen atoms in total. The summed E-state index contributed by atoms with van der Waals surface area (Å²) in [6.45, 7) is 10.9. The Hall–Kier alpha value is -1.69. The number of nitrogens with zero attached hydrogens (tertiary/aromatic N) is 3. The molecule has 2 aromatic heterocycles. The van der Waals surface area contributed by atoms with Crippen LogP contribution in [0.3, 0.4) is 0 Å². The number of thiophene rings is 1. The summed E-state index contributed by atoms with van der Waals surface area (Å²) in [5, 5.41) is 4.39. The molecule has 0 saturated heterocycles. The standard InChI is InChI=1S/C21H27N3S2/c1-4-23(5-2)13-9-14-24-19(20-12-8-15-25-20)16-26-21(24)22-18-11-7-6-10-17(18)3/h6-8,10-12,15-16H,4-5,9,13-14H2,1-3H3. The first-order valence-electron chi connectivity index (χ1n) is 9.27. The molecule has 3 rings (SSSR count). The van der Waals surface area contributed by atoms with Gasteiger partial charge in [0.05, 0.1) is 16.3 Å². The molecule has 5 heteroatoms. The minimum absolute atomic E-state index is 0.998. The van der Waals surface area contributed by atoms with E-state index in [-0.39, 0.29) is 0 Å². The van der Waals surface area contributed by atoms with E-state index < -0.39 is 0 Å². The van der Waals surface area contributed by atoms with Crippen LogP contribution in [0.2, 0.25) is 0 Å². The van der Waals surface area contributed by atoms with Gasteiger partial charge in [0.1, 0.15) is 0 Å². The maximum absolute atomic E-state index is 4.98. The molecule has 0 atom stereocenters. The average Bonchev–Trinajstić information content (AvgIpc) is 3.31. The fourth-order valence-electron chi connectivity index (χ4n) is 3.04. The van der Waals surface area contributed by atoms with Gasteiger partial charge in [0.15, 0.2) is 4.80 Å². The van der Waals surface area contributed by atoms with Crippen LogP contribution in [-0.2, 0) is 6.54 Å². The van der Waals surface area contributed by atoms with Crippen LogP contribution in [0.5, 0.6) is 0 Å². The van der Waals surface area contributed by atoms with Crippen molar-refractivity contribution < 1.29 is 0 Å². The summed E-state index contributed by atoms with van der Waals surface area (Å²) in [6.07, 6.45) is 1.14. The van der Waals surface area contributed by atoms with Gasteiger partial charge >= 0.3 is 0 Å². The van der Waals surface area contributed by atoms with Crippen LogP contribution in [-0.4, -0.2) is 29.1 Å². The SMILES string of the molecule is CCN(CC)CCCn1c(-c2cccs2)csc1=Nc1ccccc1C. The van der Waals surface area contributed by atoms with Crippen LogP contribution in [0.1, 0.15) is 25.8 Å². The third kappa shape index (κ3) is 4.53. The summed E-state index contributed by atoms with van der Waals surface area (Å²) in [7, 11) is 0. The molecule has 0 spiro atoms. The molecule has 0 amide bonds. The molecular weight excluding hydrogens is 358 g/mol. The molecule has 1 aromatic carbocycles. The fraction of sp³-hybridized carbons (Fsp3) is 0.381. The minimum atomic E-state index is 0.998. The second kappa shape index (κ2) is 9.31. The van der Waals surface area contributed by atoms with Gasteiger partial charge in [-0.05, 0) is 56.1 Å². The van der Waals surface area contributed by atoms with Gasteiger partial charge in [0, 0.05) is 11.9 Å². The van der Waals surface area contributed by atoms with Gasteiger partial charge in [-0.1, -0.05) is 38.1 Å². The Balaban J connectivity index is 1.93. The van der Waals surface area contributed by atoms with Gasteiger partial charge in [0.25, 0.3) is 0 Å². The van der Waals surface area contributed by atoms with E-state index in [0.29, 0.717) is 0 Å². The lowest BCUT2D eigenvalue weighted by atomic mass is 10.2. The highest BCUT2D eigenvalue weighted by Gasteiger charge is 2.10. The number of benzene rings is 1. The number of hydrogen-bond acceptors (Lipinski definition) is 4. The zero-order valence-electron chi connectivity index (χ0n) is 15.8. The quantitative estimate of drug-likeness (QED) is 0.498. The van der Waals surface area contributed by atoms with Gasteiger partial charge in [-0.25, -0.2) is 4.99 Å². The molecule has 138 valence electrons. The zero-order chi connectivity index (χ0) is 18.4. The lowest BCUT2D eigenvalue weighted by Gasteiger charge is -2.18. The Morgan fingerprint density at radius 1 is 1.04 bits per heavy atom. The van der Waals surface area contributed by atoms with Crippen molar-refractivity contribution in [2.75, 3.05) is 19.6 Å². The van der Waals surface area contributed by atoms with Crippen LogP contribution in [0.25, 0.3) is 10.6 Å². The third-order valence-electron chi connectivity index (χ3n) is 4.65. The maximum atomic E-state index is 4.98. The predicted molar refractivity (Wildman–Crippen MR) is 114 cm³/mol. The smallest absolute Gasteiger partial charge is 0.190 e. The minimum Gasteiger partial charge on any atom is -0.316 e. The van der Waals surface area contributed by atoms with E-state index >= 15 is 0 Å². The molecule has 0 unspecified atom stereocenters. The highest BCUT2D eigenvalue weighted by atomic mass is 32.1. The Morgan fingerprint density at radius 2 is 1.85 bits per heavy atom. The van der Waals surface area contributed by atoms with Crippen molar-refractivity contribution in [3.63, 3.8) is 0 Å². The van der Waals surface area contributed by atoms with Crippen molar-refractivity contribution in [1.82, 2.24) is 9.47 Å². The second-order valence-electron chi connectivity index (χ2n) is 6.31. The van der Waals surface area contributed by atoms with E-state index in [2.05, 4.69) is 77.4 Å². The summed E-state index contributed by atoms with van der Waals surface area (Å²) >= 11 is 3.53.